The smallest absolute Gasteiger partial charge is 0.244 e. The predicted molar refractivity (Wildman–Crippen MR) is 75.5 cm³/mol. The van der Waals surface area contributed by atoms with Crippen LogP contribution in [0.3, 0.4) is 0 Å². The zero-order valence-electron chi connectivity index (χ0n) is 10.4. The highest BCUT2D eigenvalue weighted by Crippen LogP contribution is 2.22. The summed E-state index contributed by atoms with van der Waals surface area (Å²) in [5, 5.41) is 7.09. The summed E-state index contributed by atoms with van der Waals surface area (Å²) in [6.45, 7) is 0.160. The fourth-order valence-electron chi connectivity index (χ4n) is 1.73. The largest absolute Gasteiger partial charge is 0.485 e. The van der Waals surface area contributed by atoms with E-state index in [1.165, 1.54) is 12.1 Å². The Morgan fingerprint density at radius 3 is 3.15 bits per heavy atom. The van der Waals surface area contributed by atoms with Gasteiger partial charge < -0.3 is 9.26 Å². The first-order valence-corrected chi connectivity index (χ1v) is 6.99. The minimum atomic E-state index is -0.335. The van der Waals surface area contributed by atoms with Gasteiger partial charge in [0, 0.05) is 17.7 Å². The molecular formula is C12H13ClFN3O2S. The topological polar surface area (TPSA) is 60.2 Å². The van der Waals surface area contributed by atoms with Crippen molar-refractivity contribution >= 4 is 24.2 Å². The van der Waals surface area contributed by atoms with Crippen molar-refractivity contribution in [1.82, 2.24) is 15.5 Å². The van der Waals surface area contributed by atoms with E-state index in [-0.39, 0.29) is 30.9 Å². The lowest BCUT2D eigenvalue weighted by Crippen LogP contribution is -2.14. The lowest BCUT2D eigenvalue weighted by molar-refractivity contribution is 0.282. The predicted octanol–water partition coefficient (Wildman–Crippen LogP) is 2.54. The Labute approximate surface area is 125 Å². The zero-order chi connectivity index (χ0) is 13.1. The standard InChI is InChI=1S/C12H12FN3O2S.ClH/c13-8-2-1-3-9(4-8)17-5-11-15-12(18-16-11)10-6-19-7-14-10;/h1-4,10,14H,5-7H2;1H. The maximum absolute atomic E-state index is 13.0. The van der Waals surface area contributed by atoms with Gasteiger partial charge >= 0.3 is 0 Å². The van der Waals surface area contributed by atoms with E-state index < -0.39 is 0 Å². The molecule has 1 aromatic heterocycles. The molecule has 2 heterocycles. The number of nitrogens with one attached hydrogen (secondary N) is 1. The Bertz CT molecular complexity index is 563. The monoisotopic (exact) mass is 317 g/mol. The third kappa shape index (κ3) is 3.62. The van der Waals surface area contributed by atoms with E-state index >= 15 is 0 Å². The molecule has 1 saturated heterocycles. The average molecular weight is 318 g/mol. The molecule has 1 aliphatic heterocycles. The molecule has 1 aromatic carbocycles. The highest BCUT2D eigenvalue weighted by Gasteiger charge is 2.22. The molecule has 0 amide bonds. The molecule has 1 atom stereocenters. The van der Waals surface area contributed by atoms with Crippen molar-refractivity contribution in [3.63, 3.8) is 0 Å². The quantitative estimate of drug-likeness (QED) is 0.935. The second-order valence-corrected chi connectivity index (χ2v) is 5.10. The molecule has 8 heteroatoms. The van der Waals surface area contributed by atoms with Gasteiger partial charge in [-0.1, -0.05) is 11.2 Å². The molecule has 5 nitrogen and oxygen atoms in total. The summed E-state index contributed by atoms with van der Waals surface area (Å²) in [5.74, 6) is 2.95. The van der Waals surface area contributed by atoms with Crippen molar-refractivity contribution in [1.29, 1.82) is 0 Å². The van der Waals surface area contributed by atoms with Crippen molar-refractivity contribution in [3.05, 3.63) is 41.8 Å². The van der Waals surface area contributed by atoms with Gasteiger partial charge in [0.05, 0.1) is 6.04 Å². The Balaban J connectivity index is 0.00000147. The minimum Gasteiger partial charge on any atom is -0.485 e. The van der Waals surface area contributed by atoms with Crippen LogP contribution >= 0.6 is 24.2 Å². The van der Waals surface area contributed by atoms with Crippen molar-refractivity contribution < 1.29 is 13.7 Å². The Morgan fingerprint density at radius 1 is 1.50 bits per heavy atom. The van der Waals surface area contributed by atoms with Crippen molar-refractivity contribution in [2.45, 2.75) is 12.6 Å². The second-order valence-electron chi connectivity index (χ2n) is 4.07. The molecule has 1 unspecified atom stereocenters. The van der Waals surface area contributed by atoms with Gasteiger partial charge in [0.15, 0.2) is 6.61 Å². The Kier molecular flexibility index (Phi) is 5.22. The van der Waals surface area contributed by atoms with Crippen LogP contribution in [0.1, 0.15) is 17.8 Å². The first-order chi connectivity index (χ1) is 9.31. The van der Waals surface area contributed by atoms with Gasteiger partial charge in [0.2, 0.25) is 11.7 Å². The summed E-state index contributed by atoms with van der Waals surface area (Å²) in [6, 6.07) is 6.06. The van der Waals surface area contributed by atoms with Crippen LogP contribution in [0.15, 0.2) is 28.8 Å². The molecule has 1 fully saturated rings. The molecule has 0 saturated carbocycles. The van der Waals surface area contributed by atoms with E-state index in [0.29, 0.717) is 17.5 Å². The van der Waals surface area contributed by atoms with Gasteiger partial charge in [-0.05, 0) is 12.1 Å². The van der Waals surface area contributed by atoms with Crippen molar-refractivity contribution in [3.8, 4) is 5.75 Å². The molecule has 1 N–H and O–H groups in total. The fourth-order valence-corrected chi connectivity index (χ4v) is 2.66. The number of hydrogen-bond donors (Lipinski definition) is 1. The number of aromatic nitrogens is 2. The maximum atomic E-state index is 13.0. The molecule has 0 aliphatic carbocycles. The average Bonchev–Trinajstić information content (AvgIpc) is 3.07. The molecule has 0 bridgehead atoms. The zero-order valence-corrected chi connectivity index (χ0v) is 12.0. The van der Waals surface area contributed by atoms with Gasteiger partial charge in [0.1, 0.15) is 11.6 Å². The lowest BCUT2D eigenvalue weighted by atomic mass is 10.3. The minimum absolute atomic E-state index is 0. The van der Waals surface area contributed by atoms with E-state index in [0.717, 1.165) is 11.6 Å². The van der Waals surface area contributed by atoms with Crippen LogP contribution in [-0.4, -0.2) is 21.8 Å². The Hall–Kier alpha value is -1.31. The number of benzene rings is 1. The molecule has 108 valence electrons. The fraction of sp³-hybridized carbons (Fsp3) is 0.333. The molecule has 2 aromatic rings. The second kappa shape index (κ2) is 6.92. The number of nitrogens with zero attached hydrogens (tertiary/aromatic N) is 2. The number of rotatable bonds is 4. The van der Waals surface area contributed by atoms with Crippen LogP contribution < -0.4 is 10.1 Å². The summed E-state index contributed by atoms with van der Waals surface area (Å²) in [5.41, 5.74) is 0. The number of hydrogen-bond acceptors (Lipinski definition) is 6. The molecular weight excluding hydrogens is 305 g/mol. The highest BCUT2D eigenvalue weighted by molar-refractivity contribution is 7.99. The van der Waals surface area contributed by atoms with E-state index in [1.54, 1.807) is 23.9 Å². The SMILES string of the molecule is Cl.Fc1cccc(OCc2noc(C3CSCN3)n2)c1. The van der Waals surface area contributed by atoms with E-state index in [2.05, 4.69) is 15.5 Å². The van der Waals surface area contributed by atoms with Crippen LogP contribution in [0, 0.1) is 5.82 Å². The normalized spacial score (nSPS) is 17.8. The number of ether oxygens (including phenoxy) is 1. The van der Waals surface area contributed by atoms with Crippen LogP contribution in [0.25, 0.3) is 0 Å². The lowest BCUT2D eigenvalue weighted by Gasteiger charge is -2.02. The summed E-state index contributed by atoms with van der Waals surface area (Å²) >= 11 is 1.79. The number of halogens is 2. The molecule has 0 spiro atoms. The van der Waals surface area contributed by atoms with Gasteiger partial charge in [-0.3, -0.25) is 5.32 Å². The Morgan fingerprint density at radius 2 is 2.40 bits per heavy atom. The first-order valence-electron chi connectivity index (χ1n) is 5.83. The van der Waals surface area contributed by atoms with Crippen LogP contribution in [-0.2, 0) is 6.61 Å². The van der Waals surface area contributed by atoms with E-state index in [9.17, 15) is 4.39 Å². The molecule has 0 radical (unpaired) electrons. The molecule has 1 aliphatic rings. The summed E-state index contributed by atoms with van der Waals surface area (Å²) in [7, 11) is 0. The first kappa shape index (κ1) is 15.1. The number of thioether (sulfide) groups is 1. The van der Waals surface area contributed by atoms with E-state index in [4.69, 9.17) is 9.26 Å². The van der Waals surface area contributed by atoms with Gasteiger partial charge in [0.25, 0.3) is 0 Å². The van der Waals surface area contributed by atoms with Crippen LogP contribution in [0.5, 0.6) is 5.75 Å². The van der Waals surface area contributed by atoms with Gasteiger partial charge in [-0.15, -0.1) is 24.2 Å². The highest BCUT2D eigenvalue weighted by atomic mass is 35.5. The van der Waals surface area contributed by atoms with Crippen LogP contribution in [0.2, 0.25) is 0 Å². The van der Waals surface area contributed by atoms with Gasteiger partial charge in [-0.2, -0.15) is 4.98 Å². The molecule has 20 heavy (non-hydrogen) atoms. The summed E-state index contributed by atoms with van der Waals surface area (Å²) in [4.78, 5) is 4.26. The van der Waals surface area contributed by atoms with Crippen molar-refractivity contribution in [2.75, 3.05) is 11.6 Å². The van der Waals surface area contributed by atoms with E-state index in [1.807, 2.05) is 0 Å². The third-order valence-corrected chi connectivity index (χ3v) is 3.60. The third-order valence-electron chi connectivity index (χ3n) is 2.66. The maximum Gasteiger partial charge on any atom is 0.244 e. The van der Waals surface area contributed by atoms with Gasteiger partial charge in [-0.25, -0.2) is 4.39 Å². The molecule has 3 rings (SSSR count). The summed E-state index contributed by atoms with van der Waals surface area (Å²) < 4.78 is 23.5. The van der Waals surface area contributed by atoms with Crippen LogP contribution in [0.4, 0.5) is 4.39 Å². The summed E-state index contributed by atoms with van der Waals surface area (Å²) in [6.07, 6.45) is 0. The van der Waals surface area contributed by atoms with Crippen molar-refractivity contribution in [2.24, 2.45) is 0 Å².